The van der Waals surface area contributed by atoms with Crippen LogP contribution in [0, 0.1) is 29.5 Å². The van der Waals surface area contributed by atoms with E-state index in [1.54, 1.807) is 45.3 Å². The average Bonchev–Trinajstić information content (AvgIpc) is 3.45. The normalized spacial score (nSPS) is 12.0. The summed E-state index contributed by atoms with van der Waals surface area (Å²) in [7, 11) is 0. The monoisotopic (exact) mass is 632 g/mol. The number of aromatic nitrogens is 5. The standard InChI is InChI=1S/C31H27Cl2FN8O2/c1-17-21(6-5-9-36-17)29(26-15-42(41-40-26)16-44-30(43)31(2,3)4)39-20-10-22-27(38-19-7-8-25(34)23(32)11-19)18(13-35)14-37-28(22)24(33)12-20/h5-12,14-15,29,39H,16H2,1-4H3,(H,37,38). The van der Waals surface area contributed by atoms with Crippen molar-refractivity contribution in [2.24, 2.45) is 5.41 Å². The second-order valence-corrected chi connectivity index (χ2v) is 11.8. The lowest BCUT2D eigenvalue weighted by molar-refractivity contribution is -0.157. The molecule has 0 aliphatic rings. The van der Waals surface area contributed by atoms with Gasteiger partial charge in [-0.05, 0) is 64.1 Å². The van der Waals surface area contributed by atoms with E-state index in [4.69, 9.17) is 27.9 Å². The number of fused-ring (bicyclic) bond motifs is 1. The minimum absolute atomic E-state index is 0.0665. The molecule has 5 rings (SSSR count). The molecule has 3 aromatic heterocycles. The highest BCUT2D eigenvalue weighted by molar-refractivity contribution is 6.36. The third-order valence-corrected chi connectivity index (χ3v) is 7.27. The molecule has 13 heteroatoms. The van der Waals surface area contributed by atoms with Gasteiger partial charge in [0.05, 0.1) is 44.5 Å². The van der Waals surface area contributed by atoms with Crippen LogP contribution < -0.4 is 10.6 Å². The summed E-state index contributed by atoms with van der Waals surface area (Å²) >= 11 is 12.7. The third-order valence-electron chi connectivity index (χ3n) is 6.70. The Bertz CT molecular complexity index is 1920. The van der Waals surface area contributed by atoms with Crippen LogP contribution in [0.15, 0.2) is 61.1 Å². The van der Waals surface area contributed by atoms with E-state index in [-0.39, 0.29) is 23.3 Å². The highest BCUT2D eigenvalue weighted by atomic mass is 35.5. The van der Waals surface area contributed by atoms with Crippen LogP contribution in [0.2, 0.25) is 10.0 Å². The van der Waals surface area contributed by atoms with E-state index >= 15 is 0 Å². The van der Waals surface area contributed by atoms with Gasteiger partial charge in [-0.15, -0.1) is 5.10 Å². The highest BCUT2D eigenvalue weighted by Crippen LogP contribution is 2.37. The lowest BCUT2D eigenvalue weighted by Crippen LogP contribution is -2.24. The molecule has 0 saturated carbocycles. The molecular formula is C31H27Cl2FN8O2. The molecule has 5 aromatic rings. The molecule has 0 fully saturated rings. The molecule has 10 nitrogen and oxygen atoms in total. The van der Waals surface area contributed by atoms with Gasteiger partial charge in [0, 0.05) is 40.4 Å². The van der Waals surface area contributed by atoms with Crippen LogP contribution in [0.3, 0.4) is 0 Å². The number of nitrogens with one attached hydrogen (secondary N) is 2. The van der Waals surface area contributed by atoms with Crippen LogP contribution >= 0.6 is 23.2 Å². The van der Waals surface area contributed by atoms with Gasteiger partial charge in [0.15, 0.2) is 6.73 Å². The van der Waals surface area contributed by atoms with Gasteiger partial charge in [-0.25, -0.2) is 9.07 Å². The van der Waals surface area contributed by atoms with Gasteiger partial charge in [0.25, 0.3) is 0 Å². The third kappa shape index (κ3) is 6.56. The molecule has 0 amide bonds. The van der Waals surface area contributed by atoms with Crippen molar-refractivity contribution < 1.29 is 13.9 Å². The SMILES string of the molecule is Cc1ncccc1C(Nc1cc(Cl)c2ncc(C#N)c(Nc3ccc(F)c(Cl)c3)c2c1)c1cn(COC(=O)C(C)(C)C)nn1. The van der Waals surface area contributed by atoms with Crippen molar-refractivity contribution in [2.45, 2.75) is 40.5 Å². The number of pyridine rings is 2. The van der Waals surface area contributed by atoms with Crippen molar-refractivity contribution in [1.29, 1.82) is 5.26 Å². The molecule has 0 saturated heterocycles. The Morgan fingerprint density at radius 1 is 1.14 bits per heavy atom. The van der Waals surface area contributed by atoms with E-state index in [2.05, 4.69) is 37.0 Å². The number of anilines is 3. The molecule has 0 aliphatic carbocycles. The van der Waals surface area contributed by atoms with Crippen LogP contribution in [0.5, 0.6) is 0 Å². The molecule has 1 unspecified atom stereocenters. The first-order valence-electron chi connectivity index (χ1n) is 13.4. The number of nitriles is 1. The quantitative estimate of drug-likeness (QED) is 0.169. The average molecular weight is 634 g/mol. The topological polar surface area (TPSA) is 131 Å². The van der Waals surface area contributed by atoms with E-state index < -0.39 is 17.3 Å². The van der Waals surface area contributed by atoms with E-state index in [9.17, 15) is 14.4 Å². The number of aryl methyl sites for hydroxylation is 1. The van der Waals surface area contributed by atoms with Crippen molar-refractivity contribution in [3.8, 4) is 6.07 Å². The zero-order chi connectivity index (χ0) is 31.6. The van der Waals surface area contributed by atoms with E-state index in [1.165, 1.54) is 29.1 Å². The molecule has 0 spiro atoms. The van der Waals surface area contributed by atoms with E-state index in [1.807, 2.05) is 19.1 Å². The number of rotatable bonds is 8. The second-order valence-electron chi connectivity index (χ2n) is 11.0. The fourth-order valence-electron chi connectivity index (χ4n) is 4.41. The molecule has 0 bridgehead atoms. The van der Waals surface area contributed by atoms with Crippen molar-refractivity contribution in [2.75, 3.05) is 10.6 Å². The van der Waals surface area contributed by atoms with Gasteiger partial charge >= 0.3 is 5.97 Å². The summed E-state index contributed by atoms with van der Waals surface area (Å²) < 4.78 is 20.6. The molecule has 0 aliphatic heterocycles. The smallest absolute Gasteiger partial charge is 0.313 e. The summed E-state index contributed by atoms with van der Waals surface area (Å²) in [4.78, 5) is 21.1. The number of hydrogen-bond donors (Lipinski definition) is 2. The maximum atomic E-state index is 13.8. The number of nitrogens with zero attached hydrogens (tertiary/aromatic N) is 6. The number of carbonyl (C=O) groups excluding carboxylic acids is 1. The van der Waals surface area contributed by atoms with Gasteiger partial charge in [-0.1, -0.05) is 34.5 Å². The molecule has 44 heavy (non-hydrogen) atoms. The fourth-order valence-corrected chi connectivity index (χ4v) is 4.86. The maximum Gasteiger partial charge on any atom is 0.313 e. The lowest BCUT2D eigenvalue weighted by Gasteiger charge is -2.21. The number of hydrogen-bond acceptors (Lipinski definition) is 9. The van der Waals surface area contributed by atoms with Crippen molar-refractivity contribution >= 4 is 57.1 Å². The number of ether oxygens (including phenoxy) is 1. The van der Waals surface area contributed by atoms with Gasteiger partial charge < -0.3 is 15.4 Å². The first kappa shape index (κ1) is 30.7. The van der Waals surface area contributed by atoms with E-state index in [0.29, 0.717) is 38.7 Å². The van der Waals surface area contributed by atoms with Crippen molar-refractivity contribution in [3.05, 3.63) is 99.4 Å². The van der Waals surface area contributed by atoms with Crippen molar-refractivity contribution in [3.63, 3.8) is 0 Å². The summed E-state index contributed by atoms with van der Waals surface area (Å²) in [6.45, 7) is 7.09. The zero-order valence-corrected chi connectivity index (χ0v) is 25.7. The highest BCUT2D eigenvalue weighted by Gasteiger charge is 2.25. The summed E-state index contributed by atoms with van der Waals surface area (Å²) in [5.74, 6) is -0.927. The maximum absolute atomic E-state index is 13.8. The predicted molar refractivity (Wildman–Crippen MR) is 166 cm³/mol. The molecular weight excluding hydrogens is 606 g/mol. The van der Waals surface area contributed by atoms with Gasteiger partial charge in [-0.3, -0.25) is 14.8 Å². The Balaban J connectivity index is 1.55. The largest absolute Gasteiger partial charge is 0.442 e. The minimum atomic E-state index is -0.660. The van der Waals surface area contributed by atoms with Crippen molar-refractivity contribution in [1.82, 2.24) is 25.0 Å². The summed E-state index contributed by atoms with van der Waals surface area (Å²) in [6.07, 6.45) is 4.80. The summed E-state index contributed by atoms with van der Waals surface area (Å²) in [5.41, 5.74) is 3.64. The Labute approximate surface area is 262 Å². The number of halogens is 3. The molecule has 3 heterocycles. The molecule has 2 aromatic carbocycles. The van der Waals surface area contributed by atoms with Crippen LogP contribution in [0.1, 0.15) is 49.3 Å². The molecule has 224 valence electrons. The van der Waals surface area contributed by atoms with Gasteiger partial charge in [0.1, 0.15) is 17.6 Å². The second kappa shape index (κ2) is 12.4. The first-order chi connectivity index (χ1) is 20.9. The zero-order valence-electron chi connectivity index (χ0n) is 24.2. The van der Waals surface area contributed by atoms with Crippen LogP contribution in [0.4, 0.5) is 21.5 Å². The number of benzene rings is 2. The Morgan fingerprint density at radius 2 is 1.91 bits per heavy atom. The van der Waals surface area contributed by atoms with Crippen LogP contribution in [-0.4, -0.2) is 30.9 Å². The predicted octanol–water partition coefficient (Wildman–Crippen LogP) is 7.34. The summed E-state index contributed by atoms with van der Waals surface area (Å²) in [6, 6.07) is 13.0. The summed E-state index contributed by atoms with van der Waals surface area (Å²) in [5, 5.41) is 25.8. The molecule has 2 N–H and O–H groups in total. The molecule has 1 atom stereocenters. The Hall–Kier alpha value is -4.79. The van der Waals surface area contributed by atoms with Crippen LogP contribution in [0.25, 0.3) is 10.9 Å². The molecule has 0 radical (unpaired) electrons. The number of esters is 1. The fraction of sp³-hybridized carbons (Fsp3) is 0.226. The number of carbonyl (C=O) groups is 1. The van der Waals surface area contributed by atoms with Crippen LogP contribution in [-0.2, 0) is 16.3 Å². The van der Waals surface area contributed by atoms with Gasteiger partial charge in [-0.2, -0.15) is 5.26 Å². The van der Waals surface area contributed by atoms with Gasteiger partial charge in [0.2, 0.25) is 0 Å². The Morgan fingerprint density at radius 3 is 2.61 bits per heavy atom. The lowest BCUT2D eigenvalue weighted by atomic mass is 9.98. The first-order valence-corrected chi connectivity index (χ1v) is 14.2. The van der Waals surface area contributed by atoms with E-state index in [0.717, 1.165) is 11.3 Å². The Kier molecular flexibility index (Phi) is 8.67. The minimum Gasteiger partial charge on any atom is -0.442 e.